The summed E-state index contributed by atoms with van der Waals surface area (Å²) in [5, 5.41) is 2.93. The molecular formula is C23H32N2O3S. The quantitative estimate of drug-likeness (QED) is 0.710. The molecule has 1 atom stereocenters. The molecule has 29 heavy (non-hydrogen) atoms. The minimum Gasteiger partial charge on any atom is -0.350 e. The maximum Gasteiger partial charge on any atom is 0.243 e. The van der Waals surface area contributed by atoms with Crippen LogP contribution in [0.4, 0.5) is 5.69 Å². The second-order valence-electron chi connectivity index (χ2n) is 7.61. The van der Waals surface area contributed by atoms with Crippen LogP contribution in [0.15, 0.2) is 36.4 Å². The number of aryl methyl sites for hydroxylation is 4. The van der Waals surface area contributed by atoms with Crippen LogP contribution in [-0.2, 0) is 34.2 Å². The summed E-state index contributed by atoms with van der Waals surface area (Å²) in [4.78, 5) is 12.9. The lowest BCUT2D eigenvalue weighted by Gasteiger charge is -2.29. The maximum absolute atomic E-state index is 12.9. The fourth-order valence-electron chi connectivity index (χ4n) is 3.63. The normalized spacial score (nSPS) is 12.5. The highest BCUT2D eigenvalue weighted by Gasteiger charge is 2.29. The van der Waals surface area contributed by atoms with Crippen LogP contribution in [0.25, 0.3) is 0 Å². The summed E-state index contributed by atoms with van der Waals surface area (Å²) in [6, 6.07) is 11.0. The van der Waals surface area contributed by atoms with Crippen LogP contribution in [0.5, 0.6) is 0 Å². The zero-order valence-corrected chi connectivity index (χ0v) is 19.1. The van der Waals surface area contributed by atoms with Crippen LogP contribution >= 0.6 is 0 Å². The van der Waals surface area contributed by atoms with Gasteiger partial charge < -0.3 is 5.32 Å². The third kappa shape index (κ3) is 5.82. The van der Waals surface area contributed by atoms with Crippen molar-refractivity contribution >= 4 is 21.6 Å². The lowest BCUT2D eigenvalue weighted by atomic mass is 10.0. The zero-order chi connectivity index (χ0) is 21.8. The van der Waals surface area contributed by atoms with Gasteiger partial charge in [-0.3, -0.25) is 9.10 Å². The highest BCUT2D eigenvalue weighted by atomic mass is 32.2. The Kier molecular flexibility index (Phi) is 7.47. The Morgan fingerprint density at radius 3 is 2.14 bits per heavy atom. The fraction of sp³-hybridized carbons (Fsp3) is 0.435. The van der Waals surface area contributed by atoms with Crippen LogP contribution in [0.2, 0.25) is 0 Å². The number of rotatable bonds is 8. The van der Waals surface area contributed by atoms with Crippen molar-refractivity contribution in [3.63, 3.8) is 0 Å². The molecule has 5 nitrogen and oxygen atoms in total. The standard InChI is InChI=1S/C23H32N2O3S/c1-7-19-9-10-20(8-2)21(14-19)15-24-23(26)18(5)25(29(6,27)28)22-12-16(3)11-17(4)13-22/h9-14,18H,7-8,15H2,1-6H3,(H,24,26)/t18-/m1/s1. The molecular weight excluding hydrogens is 384 g/mol. The Labute approximate surface area is 175 Å². The maximum atomic E-state index is 12.9. The van der Waals surface area contributed by atoms with Gasteiger partial charge in [0.15, 0.2) is 0 Å². The van der Waals surface area contributed by atoms with E-state index in [0.717, 1.165) is 35.8 Å². The van der Waals surface area contributed by atoms with E-state index in [4.69, 9.17) is 0 Å². The first-order valence-corrected chi connectivity index (χ1v) is 11.9. The van der Waals surface area contributed by atoms with Gasteiger partial charge in [0, 0.05) is 6.54 Å². The van der Waals surface area contributed by atoms with E-state index < -0.39 is 16.1 Å². The van der Waals surface area contributed by atoms with Gasteiger partial charge >= 0.3 is 0 Å². The number of carbonyl (C=O) groups is 1. The van der Waals surface area contributed by atoms with Crippen molar-refractivity contribution in [2.45, 2.75) is 60.0 Å². The molecule has 0 aliphatic heterocycles. The Morgan fingerprint density at radius 1 is 1.00 bits per heavy atom. The van der Waals surface area contributed by atoms with Gasteiger partial charge in [-0.2, -0.15) is 0 Å². The molecule has 0 bridgehead atoms. The van der Waals surface area contributed by atoms with E-state index >= 15 is 0 Å². The van der Waals surface area contributed by atoms with Crippen LogP contribution < -0.4 is 9.62 Å². The van der Waals surface area contributed by atoms with Gasteiger partial charge in [-0.05, 0) is 73.6 Å². The summed E-state index contributed by atoms with van der Waals surface area (Å²) in [6.07, 6.45) is 2.94. The SMILES string of the molecule is CCc1ccc(CC)c(CNC(=O)[C@@H](C)N(c2cc(C)cc(C)c2)S(C)(=O)=O)c1. The molecule has 0 saturated heterocycles. The number of nitrogens with zero attached hydrogens (tertiary/aromatic N) is 1. The van der Waals surface area contributed by atoms with Crippen molar-refractivity contribution in [2.75, 3.05) is 10.6 Å². The van der Waals surface area contributed by atoms with Crippen LogP contribution in [0.1, 0.15) is 48.6 Å². The Morgan fingerprint density at radius 2 is 1.62 bits per heavy atom. The fourth-order valence-corrected chi connectivity index (χ4v) is 4.78. The first kappa shape index (κ1) is 22.9. The van der Waals surface area contributed by atoms with Gasteiger partial charge in [0.25, 0.3) is 0 Å². The number of carbonyl (C=O) groups excluding carboxylic acids is 1. The molecule has 158 valence electrons. The molecule has 0 spiro atoms. The van der Waals surface area contributed by atoms with Crippen LogP contribution in [0, 0.1) is 13.8 Å². The molecule has 0 radical (unpaired) electrons. The third-order valence-electron chi connectivity index (χ3n) is 5.06. The molecule has 0 fully saturated rings. The first-order valence-electron chi connectivity index (χ1n) is 10.0. The Balaban J connectivity index is 2.26. The number of hydrogen-bond acceptors (Lipinski definition) is 3. The summed E-state index contributed by atoms with van der Waals surface area (Å²) in [7, 11) is -3.63. The minimum absolute atomic E-state index is 0.321. The molecule has 6 heteroatoms. The molecule has 1 amide bonds. The van der Waals surface area contributed by atoms with E-state index in [9.17, 15) is 13.2 Å². The van der Waals surface area contributed by atoms with Gasteiger partial charge in [0.05, 0.1) is 11.9 Å². The zero-order valence-electron chi connectivity index (χ0n) is 18.2. The predicted molar refractivity (Wildman–Crippen MR) is 120 cm³/mol. The monoisotopic (exact) mass is 416 g/mol. The van der Waals surface area contributed by atoms with Gasteiger partial charge in [-0.1, -0.05) is 38.1 Å². The summed E-state index contributed by atoms with van der Waals surface area (Å²) in [5.74, 6) is -0.321. The summed E-state index contributed by atoms with van der Waals surface area (Å²) < 4.78 is 26.2. The smallest absolute Gasteiger partial charge is 0.243 e. The number of sulfonamides is 1. The average molecular weight is 417 g/mol. The van der Waals surface area contributed by atoms with Crippen molar-refractivity contribution in [2.24, 2.45) is 0 Å². The second kappa shape index (κ2) is 9.44. The number of amides is 1. The van der Waals surface area contributed by atoms with Crippen molar-refractivity contribution in [3.05, 3.63) is 64.2 Å². The Hall–Kier alpha value is -2.34. The van der Waals surface area contributed by atoms with Gasteiger partial charge in [0.1, 0.15) is 6.04 Å². The van der Waals surface area contributed by atoms with E-state index in [1.54, 1.807) is 19.1 Å². The molecule has 0 unspecified atom stereocenters. The van der Waals surface area contributed by atoms with E-state index in [1.807, 2.05) is 19.9 Å². The summed E-state index contributed by atoms with van der Waals surface area (Å²) in [6.45, 7) is 10.0. The van der Waals surface area contributed by atoms with Crippen molar-refractivity contribution < 1.29 is 13.2 Å². The molecule has 1 N–H and O–H groups in total. The highest BCUT2D eigenvalue weighted by molar-refractivity contribution is 7.92. The largest absolute Gasteiger partial charge is 0.350 e. The van der Waals surface area contributed by atoms with Gasteiger partial charge in [0.2, 0.25) is 15.9 Å². The lowest BCUT2D eigenvalue weighted by molar-refractivity contribution is -0.122. The van der Waals surface area contributed by atoms with E-state index in [2.05, 4.69) is 37.4 Å². The third-order valence-corrected chi connectivity index (χ3v) is 6.30. The van der Waals surface area contributed by atoms with E-state index in [0.29, 0.717) is 12.2 Å². The molecule has 0 heterocycles. The van der Waals surface area contributed by atoms with Crippen LogP contribution in [0.3, 0.4) is 0 Å². The number of hydrogen-bond donors (Lipinski definition) is 1. The second-order valence-corrected chi connectivity index (χ2v) is 9.47. The Bertz CT molecular complexity index is 963. The number of anilines is 1. The minimum atomic E-state index is -3.63. The molecule has 0 aromatic heterocycles. The van der Waals surface area contributed by atoms with E-state index in [1.165, 1.54) is 15.4 Å². The van der Waals surface area contributed by atoms with Crippen molar-refractivity contribution in [1.29, 1.82) is 0 Å². The highest BCUT2D eigenvalue weighted by Crippen LogP contribution is 2.24. The van der Waals surface area contributed by atoms with Crippen molar-refractivity contribution in [1.82, 2.24) is 5.32 Å². The average Bonchev–Trinajstić information content (AvgIpc) is 2.63. The number of benzene rings is 2. The molecule has 0 aliphatic rings. The molecule has 2 aromatic carbocycles. The molecule has 2 aromatic rings. The van der Waals surface area contributed by atoms with Gasteiger partial charge in [-0.15, -0.1) is 0 Å². The topological polar surface area (TPSA) is 66.5 Å². The lowest BCUT2D eigenvalue weighted by Crippen LogP contribution is -2.47. The summed E-state index contributed by atoms with van der Waals surface area (Å²) >= 11 is 0. The van der Waals surface area contributed by atoms with Gasteiger partial charge in [-0.25, -0.2) is 8.42 Å². The summed E-state index contributed by atoms with van der Waals surface area (Å²) in [5.41, 5.74) is 5.88. The van der Waals surface area contributed by atoms with E-state index in [-0.39, 0.29) is 5.91 Å². The molecule has 2 rings (SSSR count). The molecule has 0 aliphatic carbocycles. The van der Waals surface area contributed by atoms with Crippen molar-refractivity contribution in [3.8, 4) is 0 Å². The number of nitrogens with one attached hydrogen (secondary N) is 1. The first-order chi connectivity index (χ1) is 13.6. The molecule has 0 saturated carbocycles. The predicted octanol–water partition coefficient (Wildman–Crippen LogP) is 3.90. The van der Waals surface area contributed by atoms with Crippen LogP contribution in [-0.4, -0.2) is 26.6 Å².